The molecule has 0 aliphatic rings. The summed E-state index contributed by atoms with van der Waals surface area (Å²) in [7, 11) is 0. The smallest absolute Gasteiger partial charge is 0.319 e. The van der Waals surface area contributed by atoms with Crippen molar-refractivity contribution in [2.24, 2.45) is 11.5 Å². The van der Waals surface area contributed by atoms with Gasteiger partial charge >= 0.3 is 6.03 Å². The number of amides is 2. The fourth-order valence-corrected chi connectivity index (χ4v) is 3.88. The largest absolute Gasteiger partial charge is 0.491 e. The van der Waals surface area contributed by atoms with Gasteiger partial charge in [-0.3, -0.25) is 10.2 Å². The van der Waals surface area contributed by atoms with Crippen LogP contribution in [0.25, 0.3) is 11.1 Å². The number of nitrogens with two attached hydrogens (primary N) is 2. The van der Waals surface area contributed by atoms with Gasteiger partial charge in [0.05, 0.1) is 23.7 Å². The lowest BCUT2D eigenvalue weighted by Crippen LogP contribution is -2.43. The van der Waals surface area contributed by atoms with Crippen molar-refractivity contribution in [1.29, 1.82) is 5.41 Å². The molecule has 3 aromatic rings. The maximum Gasteiger partial charge on any atom is 0.319 e. The molecule has 0 radical (unpaired) electrons. The molecule has 3 rings (SSSR count). The molecule has 0 aliphatic carbocycles. The number of nitrogens with zero attached hydrogens (tertiary/aromatic N) is 1. The molecule has 9 N–H and O–H groups in total. The van der Waals surface area contributed by atoms with Crippen molar-refractivity contribution in [3.63, 3.8) is 0 Å². The number of urea groups is 1. The zero-order chi connectivity index (χ0) is 32.8. The molecule has 11 nitrogen and oxygen atoms in total. The maximum absolute atomic E-state index is 12.3. The van der Waals surface area contributed by atoms with Crippen LogP contribution in [0.4, 0.5) is 10.5 Å². The summed E-state index contributed by atoms with van der Waals surface area (Å²) >= 11 is 0. The second kappa shape index (κ2) is 17.2. The van der Waals surface area contributed by atoms with Gasteiger partial charge in [0.2, 0.25) is 0 Å². The fourth-order valence-electron chi connectivity index (χ4n) is 3.88. The van der Waals surface area contributed by atoms with Crippen LogP contribution in [0, 0.1) is 5.41 Å². The molecule has 0 aliphatic heterocycles. The number of para-hydroxylation sites is 2. The Bertz CT molecular complexity index is 1390. The Hall–Kier alpha value is -4.22. The van der Waals surface area contributed by atoms with Crippen LogP contribution in [0.5, 0.6) is 5.75 Å². The van der Waals surface area contributed by atoms with Crippen molar-refractivity contribution in [3.8, 4) is 16.9 Å². The lowest BCUT2D eigenvalue weighted by molar-refractivity contribution is 0.243. The summed E-state index contributed by atoms with van der Waals surface area (Å²) < 4.78 is 5.62. The third-order valence-corrected chi connectivity index (χ3v) is 6.13. The molecular weight excluding hydrogens is 556 g/mol. The SMILES string of the molecule is CC(C)(C)NC(=O)Nc1ccccc1OCCCC(=N)N.CC(C)(C)c1ncc(-c2ccc(CNCCCN)cc2)c(=O)[nH]1. The molecule has 240 valence electrons. The van der Waals surface area contributed by atoms with Crippen LogP contribution in [-0.2, 0) is 12.0 Å². The van der Waals surface area contributed by atoms with Crippen LogP contribution >= 0.6 is 0 Å². The predicted molar refractivity (Wildman–Crippen MR) is 179 cm³/mol. The lowest BCUT2D eigenvalue weighted by atomic mass is 9.95. The van der Waals surface area contributed by atoms with E-state index in [1.54, 1.807) is 18.3 Å². The van der Waals surface area contributed by atoms with E-state index in [1.807, 2.05) is 77.9 Å². The Labute approximate surface area is 261 Å². The molecule has 0 atom stereocenters. The molecule has 0 spiro atoms. The highest BCUT2D eigenvalue weighted by Crippen LogP contribution is 2.24. The Balaban J connectivity index is 0.000000308. The van der Waals surface area contributed by atoms with Crippen LogP contribution < -0.4 is 37.7 Å². The summed E-state index contributed by atoms with van der Waals surface area (Å²) in [6.45, 7) is 14.7. The van der Waals surface area contributed by atoms with E-state index in [1.165, 1.54) is 5.56 Å². The van der Waals surface area contributed by atoms with E-state index in [0.717, 1.165) is 25.1 Å². The van der Waals surface area contributed by atoms with Gasteiger partial charge in [-0.05, 0) is 70.0 Å². The number of carbonyl (C=O) groups is 1. The molecule has 1 aromatic heterocycles. The summed E-state index contributed by atoms with van der Waals surface area (Å²) in [5, 5.41) is 16.1. The Morgan fingerprint density at radius 1 is 1.02 bits per heavy atom. The van der Waals surface area contributed by atoms with Crippen molar-refractivity contribution in [3.05, 3.63) is 76.5 Å². The first kappa shape index (κ1) is 36.0. The van der Waals surface area contributed by atoms with Gasteiger partial charge < -0.3 is 37.1 Å². The van der Waals surface area contributed by atoms with Crippen molar-refractivity contribution in [2.75, 3.05) is 25.0 Å². The Morgan fingerprint density at radius 2 is 1.70 bits per heavy atom. The van der Waals surface area contributed by atoms with Gasteiger partial charge in [0.15, 0.2) is 0 Å². The van der Waals surface area contributed by atoms with E-state index in [4.69, 9.17) is 21.6 Å². The number of amidine groups is 1. The number of anilines is 1. The van der Waals surface area contributed by atoms with Crippen LogP contribution in [-0.4, -0.2) is 47.1 Å². The first-order valence-corrected chi connectivity index (χ1v) is 14.9. The number of benzene rings is 2. The number of hydrogen-bond donors (Lipinski definition) is 7. The predicted octanol–water partition coefficient (Wildman–Crippen LogP) is 4.87. The van der Waals surface area contributed by atoms with E-state index in [0.29, 0.717) is 48.8 Å². The molecule has 2 amide bonds. The van der Waals surface area contributed by atoms with Gasteiger partial charge in [-0.2, -0.15) is 0 Å². The van der Waals surface area contributed by atoms with E-state index >= 15 is 0 Å². The number of aromatic amines is 1. The second-order valence-electron chi connectivity index (χ2n) is 12.5. The number of rotatable bonds is 12. The van der Waals surface area contributed by atoms with Crippen LogP contribution in [0.15, 0.2) is 59.5 Å². The highest BCUT2D eigenvalue weighted by molar-refractivity contribution is 5.91. The molecule has 0 fully saturated rings. The van der Waals surface area contributed by atoms with E-state index in [-0.39, 0.29) is 28.4 Å². The van der Waals surface area contributed by atoms with Crippen LogP contribution in [0.2, 0.25) is 0 Å². The number of carbonyl (C=O) groups excluding carboxylic acids is 1. The topological polar surface area (TPSA) is 184 Å². The first-order chi connectivity index (χ1) is 20.7. The third kappa shape index (κ3) is 13.4. The number of H-pyrrole nitrogens is 1. The third-order valence-electron chi connectivity index (χ3n) is 6.13. The Morgan fingerprint density at radius 3 is 2.30 bits per heavy atom. The zero-order valence-electron chi connectivity index (χ0n) is 27.0. The monoisotopic (exact) mass is 606 g/mol. The second-order valence-corrected chi connectivity index (χ2v) is 12.5. The van der Waals surface area contributed by atoms with Crippen molar-refractivity contribution in [1.82, 2.24) is 20.6 Å². The van der Waals surface area contributed by atoms with Gasteiger partial charge in [-0.15, -0.1) is 0 Å². The molecule has 11 heteroatoms. The molecule has 0 bridgehead atoms. The molecule has 1 heterocycles. The molecule has 44 heavy (non-hydrogen) atoms. The average Bonchev–Trinajstić information content (AvgIpc) is 2.93. The normalized spacial score (nSPS) is 11.2. The summed E-state index contributed by atoms with van der Waals surface area (Å²) in [6, 6.07) is 14.9. The lowest BCUT2D eigenvalue weighted by Gasteiger charge is -2.21. The van der Waals surface area contributed by atoms with Crippen molar-refractivity contribution >= 4 is 17.6 Å². The first-order valence-electron chi connectivity index (χ1n) is 14.9. The Kier molecular flexibility index (Phi) is 14.0. The molecular formula is C33H50N8O3. The van der Waals surface area contributed by atoms with Crippen LogP contribution in [0.3, 0.4) is 0 Å². The van der Waals surface area contributed by atoms with E-state index in [2.05, 4.69) is 25.9 Å². The summed E-state index contributed by atoms with van der Waals surface area (Å²) in [6.07, 6.45) is 3.80. The number of ether oxygens (including phenoxy) is 1. The minimum Gasteiger partial charge on any atom is -0.491 e. The quantitative estimate of drug-likeness (QED) is 0.0870. The van der Waals surface area contributed by atoms with Gasteiger partial charge in [-0.25, -0.2) is 9.78 Å². The minimum atomic E-state index is -0.304. The standard InChI is InChI=1S/C18H26N4O.C15H24N4O2/c1-18(2,3)17-21-12-15(16(23)22-17)14-7-5-13(6-8-14)11-20-10-4-9-19;1-15(2,3)19-14(20)18-11-7-4-5-8-12(11)21-10-6-9-13(16)17/h5-8,12,20H,4,9-11,19H2,1-3H3,(H,21,22,23);4-5,7-8H,6,9-10H2,1-3H3,(H3,16,17)(H2,18,19,20). The van der Waals surface area contributed by atoms with Crippen molar-refractivity contribution < 1.29 is 9.53 Å². The molecule has 2 aromatic carbocycles. The fraction of sp³-hybridized carbons (Fsp3) is 0.455. The van der Waals surface area contributed by atoms with E-state index in [9.17, 15) is 9.59 Å². The average molecular weight is 607 g/mol. The summed E-state index contributed by atoms with van der Waals surface area (Å²) in [5.74, 6) is 1.45. The highest BCUT2D eigenvalue weighted by atomic mass is 16.5. The summed E-state index contributed by atoms with van der Waals surface area (Å²) in [5.41, 5.74) is 13.5. The summed E-state index contributed by atoms with van der Waals surface area (Å²) in [4.78, 5) is 31.5. The number of nitrogens with one attached hydrogen (secondary N) is 5. The molecule has 0 saturated heterocycles. The molecule has 0 unspecified atom stereocenters. The molecule has 0 saturated carbocycles. The highest BCUT2D eigenvalue weighted by Gasteiger charge is 2.18. The number of hydrogen-bond acceptors (Lipinski definition) is 7. The number of aromatic nitrogens is 2. The van der Waals surface area contributed by atoms with Gasteiger partial charge in [0.25, 0.3) is 5.56 Å². The van der Waals surface area contributed by atoms with Gasteiger partial charge in [0.1, 0.15) is 11.6 Å². The van der Waals surface area contributed by atoms with Gasteiger partial charge in [0, 0.05) is 30.1 Å². The van der Waals surface area contributed by atoms with Gasteiger partial charge in [-0.1, -0.05) is 57.2 Å². The van der Waals surface area contributed by atoms with Crippen molar-refractivity contribution in [2.45, 2.75) is 78.3 Å². The van der Waals surface area contributed by atoms with Crippen LogP contribution in [0.1, 0.15) is 72.2 Å². The maximum atomic E-state index is 12.3. The zero-order valence-corrected chi connectivity index (χ0v) is 27.0. The van der Waals surface area contributed by atoms with E-state index < -0.39 is 0 Å². The minimum absolute atomic E-state index is 0.0984.